The summed E-state index contributed by atoms with van der Waals surface area (Å²) in [4.78, 5) is 82.0. The molecule has 0 spiro atoms. The van der Waals surface area contributed by atoms with Crippen LogP contribution in [0.3, 0.4) is 0 Å². The Kier molecular flexibility index (Phi) is 16.1. The second-order valence-electron chi connectivity index (χ2n) is 17.6. The van der Waals surface area contributed by atoms with E-state index in [2.05, 4.69) is 44.9 Å². The molecule has 77 heavy (non-hydrogen) atoms. The monoisotopic (exact) mass is 1180 g/mol. The van der Waals surface area contributed by atoms with Gasteiger partial charge in [0, 0.05) is 32.1 Å². The van der Waals surface area contributed by atoms with Crippen LogP contribution in [0.2, 0.25) is 0 Å². The Hall–Kier alpha value is -4.49. The summed E-state index contributed by atoms with van der Waals surface area (Å²) in [7, 11) is -9.49. The summed E-state index contributed by atoms with van der Waals surface area (Å²) < 4.78 is 103. The normalized spacial score (nSPS) is 30.9. The SMILES string of the molecule is COC1[C@@H](COP(=O)(O)SCCSC(C)=O)O[C@@H](n2cnc3c(N)ncnc32)[C@H]1OP(=O)(O)OC[C@H]1O[C@@H](n2cnc3c(N)ncnc32)[C@@H](OP(=O)(O)OC[C@]23CCCOC2[C@H](O)[C@H](n2cnc4c(N)ncnc42)O3)C1O. The number of ether oxygens (including phenoxy) is 5. The molecule has 4 fully saturated rings. The zero-order chi connectivity index (χ0) is 54.6. The summed E-state index contributed by atoms with van der Waals surface area (Å²) in [5.41, 5.74) is 17.3. The van der Waals surface area contributed by atoms with E-state index in [1.807, 2.05) is 0 Å². The Bertz CT molecular complexity index is 3290. The summed E-state index contributed by atoms with van der Waals surface area (Å²) in [5.74, 6) is 0.322. The Morgan fingerprint density at radius 2 is 1.22 bits per heavy atom. The standard InChI is InChI=1S/C38H50N15O19P3S2/c1-17(54)76-6-7-77-75(61,62)66-9-19-25(63-2)27(37(69-19)53-16-50-22-31(41)44-13-47-34(22)53)72-73(57,58)65-8-18-23(55)26(36(68-18)52-15-49-21-30(40)43-12-46-33(21)52)71-74(59,60)67-10-38-4-3-5-64-28(38)24(56)35(70-38)51-14-48-20-29(39)42-11-45-32(20)51/h11-16,18-19,23-28,35-37,55-56H,3-10H2,1-2H3,(H,57,58)(H,59,60)(H,61,62)(H2,39,42,45)(H2,40,43,46)(H2,41,44,47)/t18-,19-,23?,24+,25?,26+,27+,28?,35-,36-,37-,38-/m1/s1. The minimum absolute atomic E-state index is 0.0181. The van der Waals surface area contributed by atoms with Crippen LogP contribution < -0.4 is 17.2 Å². The molecule has 6 aromatic heterocycles. The van der Waals surface area contributed by atoms with Gasteiger partial charge in [0.2, 0.25) is 0 Å². The van der Waals surface area contributed by atoms with Crippen molar-refractivity contribution in [3.05, 3.63) is 38.0 Å². The van der Waals surface area contributed by atoms with Gasteiger partial charge in [0.05, 0.1) is 38.8 Å². The lowest BCUT2D eigenvalue weighted by Gasteiger charge is -2.38. The van der Waals surface area contributed by atoms with Crippen LogP contribution in [-0.2, 0) is 64.8 Å². The van der Waals surface area contributed by atoms with Crippen LogP contribution >= 0.6 is 45.6 Å². The number of aliphatic hydroxyl groups excluding tert-OH is 2. The van der Waals surface area contributed by atoms with Gasteiger partial charge in [-0.15, -0.1) is 0 Å². The first-order chi connectivity index (χ1) is 36.7. The fraction of sp³-hybridized carbons (Fsp3) is 0.579. The number of phosphoric acid groups is 2. The van der Waals surface area contributed by atoms with Crippen LogP contribution in [0.15, 0.2) is 38.0 Å². The van der Waals surface area contributed by atoms with E-state index in [1.165, 1.54) is 53.0 Å². The van der Waals surface area contributed by atoms with Crippen molar-refractivity contribution < 1.29 is 89.7 Å². The molecule has 0 amide bonds. The molecule has 0 aromatic carbocycles. The topological polar surface area (TPSA) is 471 Å². The number of anilines is 3. The van der Waals surface area contributed by atoms with Gasteiger partial charge < -0.3 is 65.8 Å². The quantitative estimate of drug-likeness (QED) is 0.0356. The predicted octanol–water partition coefficient (Wildman–Crippen LogP) is 0.365. The number of aromatic nitrogens is 12. The largest absolute Gasteiger partial charge is 0.472 e. The number of imidazole rings is 3. The summed E-state index contributed by atoms with van der Waals surface area (Å²) in [6.45, 7) is -5.05. The summed E-state index contributed by atoms with van der Waals surface area (Å²) in [5, 5.41) is 23.3. The van der Waals surface area contributed by atoms with E-state index in [0.29, 0.717) is 17.8 Å². The van der Waals surface area contributed by atoms with Gasteiger partial charge in [-0.3, -0.25) is 41.1 Å². The van der Waals surface area contributed by atoms with E-state index in [0.717, 1.165) is 24.4 Å². The molecule has 11 N–H and O–H groups in total. The first kappa shape index (κ1) is 55.8. The molecule has 6 unspecified atom stereocenters. The van der Waals surface area contributed by atoms with Crippen molar-refractivity contribution in [3.8, 4) is 0 Å². The Morgan fingerprint density at radius 1 is 0.701 bits per heavy atom. The average Bonchev–Trinajstić information content (AvgIpc) is 4.26. The molecule has 10 heterocycles. The second kappa shape index (κ2) is 22.2. The van der Waals surface area contributed by atoms with Crippen molar-refractivity contribution >= 4 is 102 Å². The Balaban J connectivity index is 0.869. The van der Waals surface area contributed by atoms with E-state index in [-0.39, 0.29) is 80.6 Å². The van der Waals surface area contributed by atoms with Crippen LogP contribution in [0, 0.1) is 0 Å². The molecule has 4 aliphatic rings. The molecule has 6 aromatic rings. The molecule has 0 aliphatic carbocycles. The minimum atomic E-state index is -5.37. The van der Waals surface area contributed by atoms with Gasteiger partial charge >= 0.3 is 22.4 Å². The van der Waals surface area contributed by atoms with Gasteiger partial charge in [-0.1, -0.05) is 11.8 Å². The van der Waals surface area contributed by atoms with Gasteiger partial charge in [0.1, 0.15) is 90.0 Å². The third-order valence-corrected chi connectivity index (χ3v) is 18.9. The van der Waals surface area contributed by atoms with Gasteiger partial charge in [-0.05, 0) is 24.2 Å². The minimum Gasteiger partial charge on any atom is -0.387 e. The lowest BCUT2D eigenvalue weighted by Crippen LogP contribution is -2.51. The zero-order valence-corrected chi connectivity index (χ0v) is 44.5. The molecule has 34 nitrogen and oxygen atoms in total. The lowest BCUT2D eigenvalue weighted by atomic mass is 9.89. The molecule has 10 rings (SSSR count). The van der Waals surface area contributed by atoms with E-state index in [9.17, 15) is 43.4 Å². The van der Waals surface area contributed by atoms with Crippen molar-refractivity contribution in [3.63, 3.8) is 0 Å². The number of hydrogen-bond donors (Lipinski definition) is 8. The molecular formula is C38H50N15O19P3S2. The highest BCUT2D eigenvalue weighted by atomic mass is 32.7. The molecule has 0 radical (unpaired) electrons. The fourth-order valence-electron chi connectivity index (χ4n) is 9.38. The maximum atomic E-state index is 14.1. The molecule has 418 valence electrons. The molecule has 39 heteroatoms. The smallest absolute Gasteiger partial charge is 0.387 e. The summed E-state index contributed by atoms with van der Waals surface area (Å²) in [6.07, 6.45) is -8.62. The number of phosphoric ester groups is 2. The Labute approximate surface area is 441 Å². The van der Waals surface area contributed by atoms with Crippen LogP contribution in [0.25, 0.3) is 33.5 Å². The lowest BCUT2D eigenvalue weighted by molar-refractivity contribution is -0.165. The number of nitrogens with two attached hydrogens (primary N) is 3. The van der Waals surface area contributed by atoms with Gasteiger partial charge in [0.25, 0.3) is 0 Å². The number of fused-ring (bicyclic) bond motifs is 4. The maximum Gasteiger partial charge on any atom is 0.472 e. The molecule has 4 saturated heterocycles. The fourth-order valence-corrected chi connectivity index (χ4v) is 14.6. The van der Waals surface area contributed by atoms with Crippen LogP contribution in [0.4, 0.5) is 17.5 Å². The highest BCUT2D eigenvalue weighted by Gasteiger charge is 2.59. The van der Waals surface area contributed by atoms with Gasteiger partial charge in [-0.2, -0.15) is 0 Å². The number of rotatable bonds is 21. The van der Waals surface area contributed by atoms with E-state index < -0.39 is 115 Å². The third kappa shape index (κ3) is 11.3. The summed E-state index contributed by atoms with van der Waals surface area (Å²) in [6, 6.07) is 0. The number of aliphatic hydroxyl groups is 2. The molecule has 15 atom stereocenters. The second-order valence-corrected chi connectivity index (χ2v) is 25.7. The van der Waals surface area contributed by atoms with Crippen molar-refractivity contribution in [1.29, 1.82) is 0 Å². The van der Waals surface area contributed by atoms with Gasteiger partial charge in [-0.25, -0.2) is 58.6 Å². The highest BCUT2D eigenvalue weighted by Crippen LogP contribution is 2.58. The highest BCUT2D eigenvalue weighted by molar-refractivity contribution is 8.55. The number of carbonyl (C=O) groups is 1. The van der Waals surface area contributed by atoms with Crippen LogP contribution in [-0.4, -0.2) is 188 Å². The first-order valence-corrected chi connectivity index (χ1v) is 30.2. The number of nitrogen functional groups attached to an aromatic ring is 3. The molecule has 0 bridgehead atoms. The number of thioether (sulfide) groups is 1. The van der Waals surface area contributed by atoms with Crippen molar-refractivity contribution in [2.24, 2.45) is 0 Å². The maximum absolute atomic E-state index is 14.1. The number of nitrogens with zero attached hydrogens (tertiary/aromatic N) is 12. The van der Waals surface area contributed by atoms with E-state index in [1.54, 1.807) is 0 Å². The predicted molar refractivity (Wildman–Crippen MR) is 264 cm³/mol. The zero-order valence-electron chi connectivity index (χ0n) is 40.2. The van der Waals surface area contributed by atoms with E-state index >= 15 is 0 Å². The third-order valence-electron chi connectivity index (χ3n) is 12.8. The number of hydrogen-bond acceptors (Lipinski definition) is 30. The summed E-state index contributed by atoms with van der Waals surface area (Å²) >= 11 is 1.54. The average molecular weight is 1180 g/mol. The molecule has 4 aliphatic heterocycles. The Morgan fingerprint density at radius 3 is 1.79 bits per heavy atom. The van der Waals surface area contributed by atoms with Gasteiger partial charge in [0.15, 0.2) is 58.2 Å². The van der Waals surface area contributed by atoms with Crippen molar-refractivity contribution in [1.82, 2.24) is 58.6 Å². The molecular weight excluding hydrogens is 1130 g/mol. The molecule has 0 saturated carbocycles. The van der Waals surface area contributed by atoms with Crippen molar-refractivity contribution in [2.75, 3.05) is 62.2 Å². The number of carbonyl (C=O) groups excluding carboxylic acids is 1. The van der Waals surface area contributed by atoms with Crippen LogP contribution in [0.5, 0.6) is 0 Å². The van der Waals surface area contributed by atoms with E-state index in [4.69, 9.17) is 63.5 Å². The number of methoxy groups -OCH3 is 1. The first-order valence-electron chi connectivity index (χ1n) is 23.0. The van der Waals surface area contributed by atoms with Crippen molar-refractivity contribution in [2.45, 2.75) is 92.9 Å². The van der Waals surface area contributed by atoms with Crippen LogP contribution in [0.1, 0.15) is 38.4 Å².